The molecule has 3 atom stereocenters. The topological polar surface area (TPSA) is 41.5 Å². The number of nitrogens with zero attached hydrogens (tertiary/aromatic N) is 4. The Morgan fingerprint density at radius 1 is 1.29 bits per heavy atom. The van der Waals surface area contributed by atoms with Crippen LogP contribution < -0.4 is 4.90 Å². The Labute approximate surface area is 127 Å². The fourth-order valence-electron chi connectivity index (χ4n) is 3.66. The molecule has 0 unspecified atom stereocenters. The number of anilines is 1. The van der Waals surface area contributed by atoms with Gasteiger partial charge in [0, 0.05) is 38.4 Å². The summed E-state index contributed by atoms with van der Waals surface area (Å²) in [5.74, 6) is 1.94. The molecule has 2 aliphatic heterocycles. The lowest BCUT2D eigenvalue weighted by molar-refractivity contribution is -0.0689. The molecule has 21 heavy (non-hydrogen) atoms. The Morgan fingerprint density at radius 3 is 2.76 bits per heavy atom. The second kappa shape index (κ2) is 6.28. The van der Waals surface area contributed by atoms with Crippen LogP contribution in [-0.4, -0.2) is 59.3 Å². The van der Waals surface area contributed by atoms with Crippen LogP contribution >= 0.6 is 0 Å². The minimum absolute atomic E-state index is 0.338. The van der Waals surface area contributed by atoms with Gasteiger partial charge in [-0.05, 0) is 39.7 Å². The van der Waals surface area contributed by atoms with Crippen LogP contribution in [0, 0.1) is 6.92 Å². The second-order valence-electron chi connectivity index (χ2n) is 6.43. The van der Waals surface area contributed by atoms with Crippen LogP contribution in [0.1, 0.15) is 32.5 Å². The van der Waals surface area contributed by atoms with E-state index in [0.29, 0.717) is 18.2 Å². The molecule has 3 rings (SSSR count). The van der Waals surface area contributed by atoms with E-state index in [0.717, 1.165) is 37.8 Å². The fourth-order valence-corrected chi connectivity index (χ4v) is 3.66. The maximum absolute atomic E-state index is 5.83. The van der Waals surface area contributed by atoms with Gasteiger partial charge in [-0.15, -0.1) is 0 Å². The number of hydrogen-bond donors (Lipinski definition) is 0. The SMILES string of the molecule is Cc1nccc(N2CCC[C@@H]2CN2C[C@@H](C)O[C@H](C)C2)n1. The molecule has 1 aromatic heterocycles. The molecule has 0 N–H and O–H groups in total. The van der Waals surface area contributed by atoms with Gasteiger partial charge in [0.1, 0.15) is 11.6 Å². The molecule has 5 heteroatoms. The van der Waals surface area contributed by atoms with E-state index < -0.39 is 0 Å². The largest absolute Gasteiger partial charge is 0.373 e. The summed E-state index contributed by atoms with van der Waals surface area (Å²) in [5, 5.41) is 0. The first kappa shape index (κ1) is 14.7. The van der Waals surface area contributed by atoms with Crippen LogP contribution in [0.2, 0.25) is 0 Å². The van der Waals surface area contributed by atoms with Crippen molar-refractivity contribution in [3.8, 4) is 0 Å². The molecule has 0 saturated carbocycles. The van der Waals surface area contributed by atoms with Crippen molar-refractivity contribution in [3.63, 3.8) is 0 Å². The number of aromatic nitrogens is 2. The maximum atomic E-state index is 5.83. The molecule has 2 fully saturated rings. The Morgan fingerprint density at radius 2 is 2.05 bits per heavy atom. The summed E-state index contributed by atoms with van der Waals surface area (Å²) in [5.41, 5.74) is 0. The third-order valence-corrected chi connectivity index (χ3v) is 4.40. The van der Waals surface area contributed by atoms with Gasteiger partial charge in [-0.3, -0.25) is 4.90 Å². The summed E-state index contributed by atoms with van der Waals surface area (Å²) in [6.45, 7) is 10.6. The molecule has 0 aliphatic carbocycles. The summed E-state index contributed by atoms with van der Waals surface area (Å²) in [7, 11) is 0. The minimum Gasteiger partial charge on any atom is -0.373 e. The van der Waals surface area contributed by atoms with Crippen LogP contribution in [0.5, 0.6) is 0 Å². The number of aryl methyl sites for hydroxylation is 1. The van der Waals surface area contributed by atoms with Crippen LogP contribution in [0.3, 0.4) is 0 Å². The zero-order valence-electron chi connectivity index (χ0n) is 13.3. The normalized spacial score (nSPS) is 30.8. The van der Waals surface area contributed by atoms with Crippen molar-refractivity contribution >= 4 is 5.82 Å². The monoisotopic (exact) mass is 290 g/mol. The lowest BCUT2D eigenvalue weighted by Crippen LogP contribution is -2.50. The summed E-state index contributed by atoms with van der Waals surface area (Å²) >= 11 is 0. The van der Waals surface area contributed by atoms with Crippen molar-refractivity contribution in [3.05, 3.63) is 18.1 Å². The van der Waals surface area contributed by atoms with Gasteiger partial charge < -0.3 is 9.64 Å². The molecule has 5 nitrogen and oxygen atoms in total. The van der Waals surface area contributed by atoms with Crippen molar-refractivity contribution in [2.75, 3.05) is 31.1 Å². The quantitative estimate of drug-likeness (QED) is 0.850. The molecule has 0 radical (unpaired) electrons. The number of hydrogen-bond acceptors (Lipinski definition) is 5. The number of ether oxygens (including phenoxy) is 1. The van der Waals surface area contributed by atoms with E-state index in [1.807, 2.05) is 19.2 Å². The van der Waals surface area contributed by atoms with Gasteiger partial charge in [0.2, 0.25) is 0 Å². The molecule has 2 saturated heterocycles. The first-order chi connectivity index (χ1) is 10.1. The predicted molar refractivity (Wildman–Crippen MR) is 83.6 cm³/mol. The predicted octanol–water partition coefficient (Wildman–Crippen LogP) is 1.86. The van der Waals surface area contributed by atoms with E-state index in [1.165, 1.54) is 12.8 Å². The van der Waals surface area contributed by atoms with Crippen molar-refractivity contribution in [1.82, 2.24) is 14.9 Å². The fraction of sp³-hybridized carbons (Fsp3) is 0.750. The second-order valence-corrected chi connectivity index (χ2v) is 6.43. The van der Waals surface area contributed by atoms with Crippen LogP contribution in [0.4, 0.5) is 5.82 Å². The Balaban J connectivity index is 1.67. The first-order valence-corrected chi connectivity index (χ1v) is 8.06. The average Bonchev–Trinajstić information content (AvgIpc) is 2.85. The van der Waals surface area contributed by atoms with Crippen LogP contribution in [0.15, 0.2) is 12.3 Å². The lowest BCUT2D eigenvalue weighted by Gasteiger charge is -2.38. The molecule has 1 aromatic rings. The molecule has 0 bridgehead atoms. The summed E-state index contributed by atoms with van der Waals surface area (Å²) in [6.07, 6.45) is 5.05. The zero-order valence-corrected chi connectivity index (χ0v) is 13.3. The third-order valence-electron chi connectivity index (χ3n) is 4.40. The number of morpholine rings is 1. The van der Waals surface area contributed by atoms with E-state index >= 15 is 0 Å². The van der Waals surface area contributed by atoms with Crippen molar-refractivity contribution in [2.24, 2.45) is 0 Å². The first-order valence-electron chi connectivity index (χ1n) is 8.06. The van der Waals surface area contributed by atoms with Crippen LogP contribution in [-0.2, 0) is 4.74 Å². The molecule has 2 aliphatic rings. The van der Waals surface area contributed by atoms with Crippen molar-refractivity contribution in [1.29, 1.82) is 0 Å². The Kier molecular flexibility index (Phi) is 4.40. The standard InChI is InChI=1S/C16H26N4O/c1-12-9-19(10-13(2)21-12)11-15-5-4-8-20(15)16-6-7-17-14(3)18-16/h6-7,12-13,15H,4-5,8-11H2,1-3H3/t12-,13-,15-/m1/s1. The van der Waals surface area contributed by atoms with Crippen molar-refractivity contribution in [2.45, 2.75) is 51.9 Å². The van der Waals surface area contributed by atoms with Gasteiger partial charge in [0.25, 0.3) is 0 Å². The highest BCUT2D eigenvalue weighted by Crippen LogP contribution is 2.25. The highest BCUT2D eigenvalue weighted by Gasteiger charge is 2.30. The molecule has 0 spiro atoms. The third kappa shape index (κ3) is 3.52. The molecular formula is C16H26N4O. The zero-order chi connectivity index (χ0) is 14.8. The highest BCUT2D eigenvalue weighted by atomic mass is 16.5. The minimum atomic E-state index is 0.338. The van der Waals surface area contributed by atoms with Gasteiger partial charge in [-0.25, -0.2) is 9.97 Å². The maximum Gasteiger partial charge on any atom is 0.132 e. The lowest BCUT2D eigenvalue weighted by atomic mass is 10.1. The smallest absolute Gasteiger partial charge is 0.132 e. The Hall–Kier alpha value is -1.20. The van der Waals surface area contributed by atoms with E-state index in [4.69, 9.17) is 4.74 Å². The molecular weight excluding hydrogens is 264 g/mol. The van der Waals surface area contributed by atoms with Gasteiger partial charge in [-0.1, -0.05) is 0 Å². The average molecular weight is 290 g/mol. The van der Waals surface area contributed by atoms with Gasteiger partial charge in [-0.2, -0.15) is 0 Å². The summed E-state index contributed by atoms with van der Waals surface area (Å²) in [4.78, 5) is 13.8. The van der Waals surface area contributed by atoms with E-state index in [1.54, 1.807) is 0 Å². The van der Waals surface area contributed by atoms with Crippen LogP contribution in [0.25, 0.3) is 0 Å². The van der Waals surface area contributed by atoms with E-state index in [2.05, 4.69) is 33.6 Å². The van der Waals surface area contributed by atoms with Gasteiger partial charge in [0.05, 0.1) is 12.2 Å². The molecule has 0 amide bonds. The van der Waals surface area contributed by atoms with E-state index in [9.17, 15) is 0 Å². The van der Waals surface area contributed by atoms with Gasteiger partial charge >= 0.3 is 0 Å². The Bertz CT molecular complexity index is 471. The highest BCUT2D eigenvalue weighted by molar-refractivity contribution is 5.40. The summed E-state index contributed by atoms with van der Waals surface area (Å²) in [6, 6.07) is 2.60. The van der Waals surface area contributed by atoms with Crippen molar-refractivity contribution < 1.29 is 4.74 Å². The van der Waals surface area contributed by atoms with Gasteiger partial charge in [0.15, 0.2) is 0 Å². The molecule has 116 valence electrons. The number of rotatable bonds is 3. The molecule has 0 aromatic carbocycles. The molecule has 3 heterocycles. The van der Waals surface area contributed by atoms with E-state index in [-0.39, 0.29) is 0 Å². The summed E-state index contributed by atoms with van der Waals surface area (Å²) < 4.78 is 5.83.